The number of anilines is 1. The van der Waals surface area contributed by atoms with Crippen molar-refractivity contribution < 1.29 is 19.1 Å². The molecule has 3 N–H and O–H groups in total. The maximum Gasteiger partial charge on any atom is 0.246 e. The molecule has 2 atom stereocenters. The number of para-hydroxylation sites is 1. The molecular formula is C26H26N2O4. The first-order chi connectivity index (χ1) is 15.6. The van der Waals surface area contributed by atoms with Crippen molar-refractivity contribution in [3.05, 3.63) is 89.5 Å². The Hall–Kier alpha value is -3.64. The predicted molar refractivity (Wildman–Crippen MR) is 123 cm³/mol. The fraction of sp³-hybridized carbons (Fsp3) is 0.231. The van der Waals surface area contributed by atoms with Crippen LogP contribution in [0.5, 0.6) is 11.5 Å². The molecule has 4 rings (SSSR count). The van der Waals surface area contributed by atoms with Crippen molar-refractivity contribution in [1.29, 1.82) is 0 Å². The molecule has 3 aromatic rings. The number of benzene rings is 3. The highest BCUT2D eigenvalue weighted by Gasteiger charge is 2.19. The van der Waals surface area contributed by atoms with Crippen LogP contribution in [0.4, 0.5) is 5.69 Å². The largest absolute Gasteiger partial charge is 0.457 e. The second kappa shape index (κ2) is 10.1. The molecular weight excluding hydrogens is 404 g/mol. The van der Waals surface area contributed by atoms with Crippen LogP contribution in [0.2, 0.25) is 0 Å². The van der Waals surface area contributed by atoms with E-state index in [-0.39, 0.29) is 24.5 Å². The lowest BCUT2D eigenvalue weighted by molar-refractivity contribution is -0.131. The van der Waals surface area contributed by atoms with Gasteiger partial charge in [0.05, 0.1) is 12.6 Å². The van der Waals surface area contributed by atoms with Gasteiger partial charge in [-0.2, -0.15) is 0 Å². The van der Waals surface area contributed by atoms with Crippen molar-refractivity contribution >= 4 is 17.9 Å². The Morgan fingerprint density at radius 1 is 1.00 bits per heavy atom. The van der Waals surface area contributed by atoms with Crippen LogP contribution in [0.15, 0.2) is 72.8 Å². The summed E-state index contributed by atoms with van der Waals surface area (Å²) in [6.45, 7) is 0.663. The molecule has 6 nitrogen and oxygen atoms in total. The summed E-state index contributed by atoms with van der Waals surface area (Å²) >= 11 is 0. The molecule has 0 aromatic heterocycles. The Labute approximate surface area is 187 Å². The normalized spacial score (nSPS) is 16.8. The summed E-state index contributed by atoms with van der Waals surface area (Å²) in [4.78, 5) is 23.1. The van der Waals surface area contributed by atoms with E-state index >= 15 is 0 Å². The topological polar surface area (TPSA) is 90.7 Å². The molecule has 1 amide bonds. The molecule has 2 unspecified atom stereocenters. The maximum absolute atomic E-state index is 11.6. The highest BCUT2D eigenvalue weighted by atomic mass is 16.5. The number of nitrogens with one attached hydrogen (secondary N) is 1. The number of carbonyl (C=O) groups excluding carboxylic acids is 2. The van der Waals surface area contributed by atoms with Gasteiger partial charge in [-0.25, -0.2) is 0 Å². The minimum Gasteiger partial charge on any atom is -0.457 e. The smallest absolute Gasteiger partial charge is 0.246 e. The zero-order chi connectivity index (χ0) is 22.3. The Morgan fingerprint density at radius 3 is 2.28 bits per heavy atom. The maximum atomic E-state index is 11.6. The van der Waals surface area contributed by atoms with E-state index in [0.717, 1.165) is 34.5 Å². The molecule has 0 saturated carbocycles. The van der Waals surface area contributed by atoms with Gasteiger partial charge in [-0.15, -0.1) is 0 Å². The molecule has 3 aromatic carbocycles. The van der Waals surface area contributed by atoms with Gasteiger partial charge in [-0.3, -0.25) is 4.79 Å². The Kier molecular flexibility index (Phi) is 6.82. The number of amides is 1. The average Bonchev–Trinajstić information content (AvgIpc) is 2.80. The molecule has 164 valence electrons. The van der Waals surface area contributed by atoms with Crippen LogP contribution >= 0.6 is 0 Å². The number of nitrogens with two attached hydrogens (primary N) is 1. The van der Waals surface area contributed by atoms with Crippen LogP contribution in [-0.4, -0.2) is 31.4 Å². The summed E-state index contributed by atoms with van der Waals surface area (Å²) in [5.41, 5.74) is 9.64. The van der Waals surface area contributed by atoms with Gasteiger partial charge in [0, 0.05) is 11.6 Å². The molecule has 0 aliphatic carbocycles. The van der Waals surface area contributed by atoms with Crippen LogP contribution in [0.1, 0.15) is 22.6 Å². The highest BCUT2D eigenvalue weighted by Crippen LogP contribution is 2.27. The highest BCUT2D eigenvalue weighted by molar-refractivity contribution is 5.78. The molecule has 1 aliphatic rings. The summed E-state index contributed by atoms with van der Waals surface area (Å²) < 4.78 is 11.2. The fourth-order valence-electron chi connectivity index (χ4n) is 3.86. The third-order valence-corrected chi connectivity index (χ3v) is 5.50. The van der Waals surface area contributed by atoms with E-state index in [9.17, 15) is 9.59 Å². The Balaban J connectivity index is 1.34. The van der Waals surface area contributed by atoms with Crippen LogP contribution in [0.3, 0.4) is 0 Å². The average molecular weight is 431 g/mol. The first-order valence-corrected chi connectivity index (χ1v) is 10.6. The SMILES string of the molecule is Nc1ccccc1C(C=O)Cc1ccc(Oc2ccc(CC3COCC(=O)N3)cc2)cc1. The molecule has 1 heterocycles. The van der Waals surface area contributed by atoms with Crippen molar-refractivity contribution in [2.45, 2.75) is 24.8 Å². The molecule has 32 heavy (non-hydrogen) atoms. The third kappa shape index (κ3) is 5.53. The van der Waals surface area contributed by atoms with Gasteiger partial charge >= 0.3 is 0 Å². The monoisotopic (exact) mass is 430 g/mol. The quantitative estimate of drug-likeness (QED) is 0.421. The minimum absolute atomic E-state index is 0.00279. The first-order valence-electron chi connectivity index (χ1n) is 10.6. The summed E-state index contributed by atoms with van der Waals surface area (Å²) in [6.07, 6.45) is 2.24. The number of aldehydes is 1. The van der Waals surface area contributed by atoms with E-state index in [4.69, 9.17) is 15.2 Å². The van der Waals surface area contributed by atoms with Gasteiger partial charge in [0.15, 0.2) is 0 Å². The van der Waals surface area contributed by atoms with Crippen molar-refractivity contribution in [1.82, 2.24) is 5.32 Å². The number of carbonyl (C=O) groups is 2. The van der Waals surface area contributed by atoms with Crippen molar-refractivity contribution in [2.75, 3.05) is 18.9 Å². The van der Waals surface area contributed by atoms with Gasteiger partial charge in [0.2, 0.25) is 5.91 Å². The minimum atomic E-state index is -0.283. The zero-order valence-corrected chi connectivity index (χ0v) is 17.7. The number of hydrogen-bond donors (Lipinski definition) is 2. The van der Waals surface area contributed by atoms with Crippen LogP contribution in [0, 0.1) is 0 Å². The van der Waals surface area contributed by atoms with E-state index in [1.54, 1.807) is 0 Å². The van der Waals surface area contributed by atoms with Crippen molar-refractivity contribution in [2.24, 2.45) is 0 Å². The Bertz CT molecular complexity index is 1060. The molecule has 6 heteroatoms. The lowest BCUT2D eigenvalue weighted by atomic mass is 9.92. The lowest BCUT2D eigenvalue weighted by Crippen LogP contribution is -2.46. The molecule has 1 aliphatic heterocycles. The lowest BCUT2D eigenvalue weighted by Gasteiger charge is -2.23. The van der Waals surface area contributed by atoms with Crippen LogP contribution < -0.4 is 15.8 Å². The van der Waals surface area contributed by atoms with Crippen LogP contribution in [-0.2, 0) is 27.2 Å². The number of hydrogen-bond acceptors (Lipinski definition) is 5. The van der Waals surface area contributed by atoms with Gasteiger partial charge in [0.25, 0.3) is 0 Å². The molecule has 1 fully saturated rings. The van der Waals surface area contributed by atoms with Gasteiger partial charge < -0.3 is 25.3 Å². The number of morpholine rings is 1. The van der Waals surface area contributed by atoms with E-state index in [1.807, 2.05) is 72.8 Å². The van der Waals surface area contributed by atoms with E-state index in [2.05, 4.69) is 5.32 Å². The van der Waals surface area contributed by atoms with Gasteiger partial charge in [-0.1, -0.05) is 42.5 Å². The standard InChI is InChI=1S/C26H26N2O4/c27-25-4-2-1-3-24(25)20(15-29)13-18-5-9-22(10-6-18)32-23-11-7-19(8-12-23)14-21-16-31-17-26(30)28-21/h1-12,15,20-21H,13-14,16-17,27H2,(H,28,30). The van der Waals surface area contributed by atoms with Crippen molar-refractivity contribution in [3.8, 4) is 11.5 Å². The predicted octanol–water partition coefficient (Wildman–Crippen LogP) is 3.64. The fourth-order valence-corrected chi connectivity index (χ4v) is 3.86. The second-order valence-corrected chi connectivity index (χ2v) is 7.95. The van der Waals surface area contributed by atoms with E-state index < -0.39 is 0 Å². The summed E-state index contributed by atoms with van der Waals surface area (Å²) in [7, 11) is 0. The third-order valence-electron chi connectivity index (χ3n) is 5.50. The molecule has 0 bridgehead atoms. The number of nitrogen functional groups attached to an aromatic ring is 1. The number of ether oxygens (including phenoxy) is 2. The van der Waals surface area contributed by atoms with E-state index in [0.29, 0.717) is 25.1 Å². The van der Waals surface area contributed by atoms with Crippen LogP contribution in [0.25, 0.3) is 0 Å². The summed E-state index contributed by atoms with van der Waals surface area (Å²) in [5.74, 6) is 1.09. The first kappa shape index (κ1) is 21.6. The van der Waals surface area contributed by atoms with Crippen molar-refractivity contribution in [3.63, 3.8) is 0 Å². The Morgan fingerprint density at radius 2 is 1.66 bits per heavy atom. The molecule has 1 saturated heterocycles. The molecule has 0 radical (unpaired) electrons. The zero-order valence-electron chi connectivity index (χ0n) is 17.7. The second-order valence-electron chi connectivity index (χ2n) is 7.95. The van der Waals surface area contributed by atoms with Gasteiger partial charge in [0.1, 0.15) is 24.4 Å². The molecule has 0 spiro atoms. The van der Waals surface area contributed by atoms with E-state index in [1.165, 1.54) is 0 Å². The number of rotatable bonds is 8. The summed E-state index contributed by atoms with van der Waals surface area (Å²) in [5, 5.41) is 2.93. The summed E-state index contributed by atoms with van der Waals surface area (Å²) in [6, 6.07) is 23.0. The van der Waals surface area contributed by atoms with Gasteiger partial charge in [-0.05, 0) is 59.9 Å².